The molecule has 0 unspecified atom stereocenters. The van der Waals surface area contributed by atoms with Crippen molar-refractivity contribution in [2.75, 3.05) is 43.5 Å². The van der Waals surface area contributed by atoms with E-state index in [0.717, 1.165) is 37.7 Å². The van der Waals surface area contributed by atoms with Crippen molar-refractivity contribution in [3.63, 3.8) is 0 Å². The van der Waals surface area contributed by atoms with Gasteiger partial charge in [-0.05, 0) is 43.2 Å². The number of likely N-dealkylation sites (tertiary alicyclic amines) is 1. The Balaban J connectivity index is 0.00000181. The lowest BCUT2D eigenvalue weighted by atomic mass is 9.85. The highest BCUT2D eigenvalue weighted by Crippen LogP contribution is 2.35. The maximum absolute atomic E-state index is 13.1. The monoisotopic (exact) mass is 465 g/mol. The number of carbonyl (C=O) groups excluding carboxylic acids is 2. The smallest absolute Gasteiger partial charge is 0.253 e. The van der Waals surface area contributed by atoms with Crippen molar-refractivity contribution in [1.82, 2.24) is 15.5 Å². The predicted molar refractivity (Wildman–Crippen MR) is 124 cm³/mol. The Hall–Kier alpha value is -2.88. The number of nitrogens with two attached hydrogens (primary N) is 1. The van der Waals surface area contributed by atoms with Gasteiger partial charge in [-0.3, -0.25) is 9.59 Å². The first kappa shape index (κ1) is 25.4. The van der Waals surface area contributed by atoms with Crippen LogP contribution in [0.5, 0.6) is 0 Å². The molecule has 2 aromatic rings. The summed E-state index contributed by atoms with van der Waals surface area (Å²) in [5, 5.41) is 5.84. The molecule has 0 aromatic heterocycles. The number of hydrogen-bond donors (Lipinski definition) is 3. The molecule has 174 valence electrons. The minimum absolute atomic E-state index is 0. The molecular weight excluding hydrogens is 437 g/mol. The largest absolute Gasteiger partial charge is 0.412 e. The first-order valence-corrected chi connectivity index (χ1v) is 10.2. The topological polar surface area (TPSA) is 122 Å². The van der Waals surface area contributed by atoms with Gasteiger partial charge in [0.05, 0.1) is 12.2 Å². The predicted octanol–water partition coefficient (Wildman–Crippen LogP) is 1.16. The summed E-state index contributed by atoms with van der Waals surface area (Å²) < 4.78 is 13.1. The van der Waals surface area contributed by atoms with Crippen molar-refractivity contribution in [3.8, 4) is 0 Å². The fourth-order valence-corrected chi connectivity index (χ4v) is 4.34. The van der Waals surface area contributed by atoms with Crippen molar-refractivity contribution in [1.29, 1.82) is 0 Å². The zero-order valence-corrected chi connectivity index (χ0v) is 18.5. The van der Waals surface area contributed by atoms with Crippen LogP contribution in [0, 0.1) is 5.82 Å². The van der Waals surface area contributed by atoms with Gasteiger partial charge in [0.1, 0.15) is 11.4 Å². The first-order chi connectivity index (χ1) is 14.5. The number of nitrogens with one attached hydrogen (secondary N) is 2. The van der Waals surface area contributed by atoms with Crippen LogP contribution in [-0.4, -0.2) is 60.6 Å². The number of nitrogens with zero attached hydrogens (tertiary/aromatic N) is 2. The summed E-state index contributed by atoms with van der Waals surface area (Å²) in [6, 6.07) is 13.8. The molecule has 32 heavy (non-hydrogen) atoms. The third kappa shape index (κ3) is 4.95. The van der Waals surface area contributed by atoms with Gasteiger partial charge in [0.25, 0.3) is 5.91 Å². The normalized spacial score (nSPS) is 17.3. The maximum Gasteiger partial charge on any atom is 0.253 e. The molecule has 0 bridgehead atoms. The SMILES string of the molecule is Cl.Nc1cc(F)ccc1C(=O)NCCN1CCC2(CC1)C(=O)NCN2c1ccccc1.O. The fourth-order valence-electron chi connectivity index (χ4n) is 4.34. The summed E-state index contributed by atoms with van der Waals surface area (Å²) in [6.45, 7) is 3.20. The number of benzene rings is 2. The van der Waals surface area contributed by atoms with Gasteiger partial charge in [-0.1, -0.05) is 18.2 Å². The molecule has 2 aliphatic heterocycles. The molecule has 0 atom stereocenters. The summed E-state index contributed by atoms with van der Waals surface area (Å²) in [7, 11) is 0. The van der Waals surface area contributed by atoms with Crippen molar-refractivity contribution >= 4 is 35.6 Å². The highest BCUT2D eigenvalue weighted by Gasteiger charge is 2.50. The molecule has 2 heterocycles. The summed E-state index contributed by atoms with van der Waals surface area (Å²) in [5.74, 6) is -0.690. The number of para-hydroxylation sites is 1. The van der Waals surface area contributed by atoms with Gasteiger partial charge in [-0.25, -0.2) is 4.39 Å². The molecule has 8 nitrogen and oxygen atoms in total. The number of halogens is 2. The van der Waals surface area contributed by atoms with Crippen molar-refractivity contribution in [3.05, 3.63) is 59.9 Å². The van der Waals surface area contributed by atoms with E-state index in [1.807, 2.05) is 30.3 Å². The van der Waals surface area contributed by atoms with E-state index in [0.29, 0.717) is 19.8 Å². The van der Waals surface area contributed by atoms with Crippen LogP contribution in [0.4, 0.5) is 15.8 Å². The molecule has 0 radical (unpaired) electrons. The quantitative estimate of drug-likeness (QED) is 0.572. The molecule has 0 aliphatic carbocycles. The van der Waals surface area contributed by atoms with E-state index in [1.54, 1.807) is 0 Å². The van der Waals surface area contributed by atoms with Crippen LogP contribution < -0.4 is 21.3 Å². The van der Waals surface area contributed by atoms with Gasteiger partial charge in [-0.15, -0.1) is 12.4 Å². The van der Waals surface area contributed by atoms with Gasteiger partial charge in [0.2, 0.25) is 5.91 Å². The Labute approximate surface area is 192 Å². The van der Waals surface area contributed by atoms with Gasteiger partial charge >= 0.3 is 0 Å². The third-order valence-corrected chi connectivity index (χ3v) is 6.06. The minimum Gasteiger partial charge on any atom is -0.412 e. The van der Waals surface area contributed by atoms with E-state index in [4.69, 9.17) is 5.73 Å². The Morgan fingerprint density at radius 3 is 2.50 bits per heavy atom. The third-order valence-electron chi connectivity index (χ3n) is 6.06. The number of amides is 2. The van der Waals surface area contributed by atoms with Crippen LogP contribution in [0.25, 0.3) is 0 Å². The Kier molecular flexibility index (Phi) is 8.43. The molecule has 0 saturated carbocycles. The van der Waals surface area contributed by atoms with E-state index in [1.165, 1.54) is 12.1 Å². The summed E-state index contributed by atoms with van der Waals surface area (Å²) in [6.07, 6.45) is 1.46. The summed E-state index contributed by atoms with van der Waals surface area (Å²) >= 11 is 0. The van der Waals surface area contributed by atoms with Gasteiger partial charge in [-0.2, -0.15) is 0 Å². The molecule has 10 heteroatoms. The highest BCUT2D eigenvalue weighted by molar-refractivity contribution is 5.99. The summed E-state index contributed by atoms with van der Waals surface area (Å²) in [5.41, 5.74) is 6.66. The van der Waals surface area contributed by atoms with E-state index in [9.17, 15) is 14.0 Å². The lowest BCUT2D eigenvalue weighted by Crippen LogP contribution is -2.57. The van der Waals surface area contributed by atoms with Gasteiger partial charge in [0.15, 0.2) is 0 Å². The van der Waals surface area contributed by atoms with Gasteiger partial charge < -0.3 is 31.6 Å². The van der Waals surface area contributed by atoms with Crippen molar-refractivity contribution in [2.24, 2.45) is 0 Å². The maximum atomic E-state index is 13.1. The van der Waals surface area contributed by atoms with Crippen LogP contribution in [0.15, 0.2) is 48.5 Å². The molecule has 4 rings (SSSR count). The Bertz CT molecular complexity index is 938. The zero-order valence-electron chi connectivity index (χ0n) is 17.6. The van der Waals surface area contributed by atoms with Gasteiger partial charge in [0, 0.05) is 37.6 Å². The minimum atomic E-state index is -0.510. The van der Waals surface area contributed by atoms with Crippen LogP contribution >= 0.6 is 12.4 Å². The number of anilines is 2. The molecule has 6 N–H and O–H groups in total. The molecule has 2 saturated heterocycles. The Morgan fingerprint density at radius 2 is 1.84 bits per heavy atom. The molecule has 1 spiro atoms. The van der Waals surface area contributed by atoms with E-state index in [-0.39, 0.29) is 40.9 Å². The number of carbonyl (C=O) groups is 2. The molecule has 2 amide bonds. The number of piperidine rings is 1. The van der Waals surface area contributed by atoms with Crippen LogP contribution in [0.2, 0.25) is 0 Å². The van der Waals surface area contributed by atoms with Crippen LogP contribution in [-0.2, 0) is 4.79 Å². The number of rotatable bonds is 5. The molecule has 2 aromatic carbocycles. The van der Waals surface area contributed by atoms with Crippen molar-refractivity contribution < 1.29 is 19.5 Å². The highest BCUT2D eigenvalue weighted by atomic mass is 35.5. The number of nitrogen functional groups attached to an aromatic ring is 1. The Morgan fingerprint density at radius 1 is 1.16 bits per heavy atom. The zero-order chi connectivity index (χ0) is 21.1. The fraction of sp³-hybridized carbons (Fsp3) is 0.364. The van der Waals surface area contributed by atoms with E-state index >= 15 is 0 Å². The van der Waals surface area contributed by atoms with Crippen molar-refractivity contribution in [2.45, 2.75) is 18.4 Å². The van der Waals surface area contributed by atoms with Crippen LogP contribution in [0.1, 0.15) is 23.2 Å². The summed E-state index contributed by atoms with van der Waals surface area (Å²) in [4.78, 5) is 29.4. The van der Waals surface area contributed by atoms with Crippen LogP contribution in [0.3, 0.4) is 0 Å². The van der Waals surface area contributed by atoms with E-state index < -0.39 is 11.4 Å². The lowest BCUT2D eigenvalue weighted by Gasteiger charge is -2.43. The number of hydrogen-bond acceptors (Lipinski definition) is 5. The second kappa shape index (κ2) is 10.6. The second-order valence-electron chi connectivity index (χ2n) is 7.79. The molecular formula is C22H29ClFN5O3. The standard InChI is InChI=1S/C22H26FN5O2.ClH.H2O/c23-16-6-7-18(19(24)14-16)20(29)25-10-13-27-11-8-22(9-12-27)21(30)26-15-28(22)17-4-2-1-3-5-17;;/h1-7,14H,8-13,15,24H2,(H,25,29)(H,26,30);1H;1H2. The first-order valence-electron chi connectivity index (χ1n) is 10.2. The average molecular weight is 466 g/mol. The van der Waals surface area contributed by atoms with E-state index in [2.05, 4.69) is 20.4 Å². The average Bonchev–Trinajstić information content (AvgIpc) is 3.06. The second-order valence-corrected chi connectivity index (χ2v) is 7.79. The lowest BCUT2D eigenvalue weighted by molar-refractivity contribution is -0.125. The molecule has 2 aliphatic rings. The molecule has 2 fully saturated rings.